The molecule has 1 heterocycles. The van der Waals surface area contributed by atoms with Gasteiger partial charge in [-0.05, 0) is 54.3 Å². The van der Waals surface area contributed by atoms with Gasteiger partial charge < -0.3 is 19.7 Å². The van der Waals surface area contributed by atoms with E-state index in [-0.39, 0.29) is 0 Å². The molecule has 0 bridgehead atoms. The molecule has 1 aliphatic rings. The van der Waals surface area contributed by atoms with Crippen LogP contribution < -0.4 is 14.8 Å². The Labute approximate surface area is 178 Å². The highest BCUT2D eigenvalue weighted by atomic mass is 32.2. The zero-order valence-electron chi connectivity index (χ0n) is 17.9. The van der Waals surface area contributed by atoms with E-state index in [1.165, 1.54) is 17.4 Å². The summed E-state index contributed by atoms with van der Waals surface area (Å²) in [6, 6.07) is 11.0. The quantitative estimate of drug-likeness (QED) is 0.560. The summed E-state index contributed by atoms with van der Waals surface area (Å²) < 4.78 is 34.1. The topological polar surface area (TPSA) is 80.2 Å². The second-order valence-electron chi connectivity index (χ2n) is 7.23. The molecule has 7 nitrogen and oxygen atoms in total. The van der Waals surface area contributed by atoms with Crippen molar-refractivity contribution < 1.29 is 17.9 Å². The van der Waals surface area contributed by atoms with Crippen LogP contribution in [0.2, 0.25) is 0 Å². The predicted octanol–water partition coefficient (Wildman–Crippen LogP) is 2.63. The minimum atomic E-state index is -3.19. The van der Waals surface area contributed by atoms with E-state index >= 15 is 0 Å². The lowest BCUT2D eigenvalue weighted by molar-refractivity contribution is 0.346. The first-order valence-electron chi connectivity index (χ1n) is 9.91. The highest BCUT2D eigenvalue weighted by Crippen LogP contribution is 2.33. The number of guanidine groups is 1. The fraction of sp³-hybridized carbons (Fsp3) is 0.409. The minimum Gasteiger partial charge on any atom is -0.493 e. The number of aliphatic imine (C=N–C) groups is 1. The molecule has 3 rings (SSSR count). The van der Waals surface area contributed by atoms with E-state index in [0.29, 0.717) is 11.4 Å². The van der Waals surface area contributed by atoms with Crippen molar-refractivity contribution in [3.63, 3.8) is 0 Å². The Morgan fingerprint density at radius 1 is 1.10 bits per heavy atom. The van der Waals surface area contributed by atoms with Crippen LogP contribution in [0.4, 0.5) is 0 Å². The molecule has 1 N–H and O–H groups in total. The molecule has 0 unspecified atom stereocenters. The lowest BCUT2D eigenvalue weighted by Gasteiger charge is -2.32. The van der Waals surface area contributed by atoms with Gasteiger partial charge in [0, 0.05) is 25.9 Å². The first-order chi connectivity index (χ1) is 14.4. The monoisotopic (exact) mass is 431 g/mol. The van der Waals surface area contributed by atoms with Crippen molar-refractivity contribution in [1.29, 1.82) is 0 Å². The average Bonchev–Trinajstić information content (AvgIpc) is 2.74. The van der Waals surface area contributed by atoms with Crippen LogP contribution in [0.25, 0.3) is 0 Å². The molecule has 0 aromatic heterocycles. The van der Waals surface area contributed by atoms with Crippen molar-refractivity contribution in [3.8, 4) is 11.5 Å². The number of methoxy groups -OCH3 is 2. The van der Waals surface area contributed by atoms with Gasteiger partial charge in [0.05, 0.1) is 25.7 Å². The summed E-state index contributed by atoms with van der Waals surface area (Å²) in [6.07, 6.45) is 2.10. The Kier molecular flexibility index (Phi) is 6.87. The number of hydrogen-bond donors (Lipinski definition) is 1. The van der Waals surface area contributed by atoms with Crippen LogP contribution >= 0.6 is 0 Å². The number of ether oxygens (including phenoxy) is 2. The molecular weight excluding hydrogens is 402 g/mol. The molecule has 0 aliphatic carbocycles. The SMILES string of the molecule is CCNC(=NCc1ccc(S(C)(=O)=O)cc1)N1CCc2cc(OC)c(OC)cc2C1. The number of nitrogens with zero attached hydrogens (tertiary/aromatic N) is 2. The van der Waals surface area contributed by atoms with E-state index in [4.69, 9.17) is 14.5 Å². The van der Waals surface area contributed by atoms with Gasteiger partial charge in [-0.2, -0.15) is 0 Å². The number of fused-ring (bicyclic) bond motifs is 1. The molecule has 30 heavy (non-hydrogen) atoms. The second-order valence-corrected chi connectivity index (χ2v) is 9.25. The smallest absolute Gasteiger partial charge is 0.194 e. The summed E-state index contributed by atoms with van der Waals surface area (Å²) in [5.41, 5.74) is 3.42. The largest absolute Gasteiger partial charge is 0.493 e. The van der Waals surface area contributed by atoms with Crippen LogP contribution in [-0.2, 0) is 29.3 Å². The predicted molar refractivity (Wildman–Crippen MR) is 118 cm³/mol. The standard InChI is InChI=1S/C22H29N3O4S/c1-5-23-22(24-14-16-6-8-19(9-7-16)30(4,26)27)25-11-10-17-12-20(28-2)21(29-3)13-18(17)15-25/h6-9,12-13H,5,10-11,14-15H2,1-4H3,(H,23,24). The van der Waals surface area contributed by atoms with Gasteiger partial charge in [-0.1, -0.05) is 12.1 Å². The Balaban J connectivity index is 1.78. The molecule has 162 valence electrons. The molecule has 2 aromatic rings. The van der Waals surface area contributed by atoms with E-state index in [1.54, 1.807) is 26.4 Å². The molecular formula is C22H29N3O4S. The maximum Gasteiger partial charge on any atom is 0.194 e. The lowest BCUT2D eigenvalue weighted by Crippen LogP contribution is -2.44. The number of rotatable bonds is 6. The highest BCUT2D eigenvalue weighted by Gasteiger charge is 2.21. The van der Waals surface area contributed by atoms with Gasteiger partial charge in [-0.3, -0.25) is 0 Å². The summed E-state index contributed by atoms with van der Waals surface area (Å²) in [5.74, 6) is 2.32. The molecule has 0 saturated heterocycles. The fourth-order valence-corrected chi connectivity index (χ4v) is 4.13. The molecule has 0 fully saturated rings. The summed E-state index contributed by atoms with van der Waals surface area (Å²) >= 11 is 0. The van der Waals surface area contributed by atoms with E-state index in [0.717, 1.165) is 49.1 Å². The second kappa shape index (κ2) is 9.38. The maximum atomic E-state index is 11.6. The molecule has 0 atom stereocenters. The molecule has 8 heteroatoms. The zero-order chi connectivity index (χ0) is 21.7. The first kappa shape index (κ1) is 22.0. The van der Waals surface area contributed by atoms with Crippen molar-refractivity contribution in [3.05, 3.63) is 53.1 Å². The number of hydrogen-bond acceptors (Lipinski definition) is 5. The van der Waals surface area contributed by atoms with E-state index in [1.807, 2.05) is 25.1 Å². The summed E-state index contributed by atoms with van der Waals surface area (Å²) in [7, 11) is 0.103. The maximum absolute atomic E-state index is 11.6. The molecule has 1 aliphatic heterocycles. The van der Waals surface area contributed by atoms with Crippen LogP contribution in [0.3, 0.4) is 0 Å². The van der Waals surface area contributed by atoms with Gasteiger partial charge >= 0.3 is 0 Å². The van der Waals surface area contributed by atoms with Crippen LogP contribution in [0.15, 0.2) is 46.3 Å². The third kappa shape index (κ3) is 5.05. The third-order valence-corrected chi connectivity index (χ3v) is 6.24. The van der Waals surface area contributed by atoms with Crippen molar-refractivity contribution >= 4 is 15.8 Å². The van der Waals surface area contributed by atoms with E-state index < -0.39 is 9.84 Å². The summed E-state index contributed by atoms with van der Waals surface area (Å²) in [4.78, 5) is 7.32. The van der Waals surface area contributed by atoms with Gasteiger partial charge in [0.1, 0.15) is 0 Å². The Bertz CT molecular complexity index is 1020. The normalized spacial score (nSPS) is 14.3. The highest BCUT2D eigenvalue weighted by molar-refractivity contribution is 7.90. The zero-order valence-corrected chi connectivity index (χ0v) is 18.8. The van der Waals surface area contributed by atoms with Crippen molar-refractivity contribution in [2.24, 2.45) is 4.99 Å². The van der Waals surface area contributed by atoms with Gasteiger partial charge in [0.2, 0.25) is 0 Å². The van der Waals surface area contributed by atoms with Crippen LogP contribution in [-0.4, -0.2) is 52.8 Å². The number of sulfone groups is 1. The average molecular weight is 432 g/mol. The van der Waals surface area contributed by atoms with Gasteiger partial charge in [0.15, 0.2) is 27.3 Å². The van der Waals surface area contributed by atoms with Crippen molar-refractivity contribution in [1.82, 2.24) is 10.2 Å². The molecule has 2 aromatic carbocycles. The first-order valence-corrected chi connectivity index (χ1v) is 11.8. The molecule has 0 saturated carbocycles. The van der Waals surface area contributed by atoms with Gasteiger partial charge in [0.25, 0.3) is 0 Å². The van der Waals surface area contributed by atoms with Gasteiger partial charge in [-0.15, -0.1) is 0 Å². The lowest BCUT2D eigenvalue weighted by atomic mass is 9.99. The molecule has 0 spiro atoms. The van der Waals surface area contributed by atoms with Gasteiger partial charge in [-0.25, -0.2) is 13.4 Å². The Morgan fingerprint density at radius 3 is 2.30 bits per heavy atom. The number of nitrogens with one attached hydrogen (secondary N) is 1. The van der Waals surface area contributed by atoms with E-state index in [2.05, 4.69) is 16.3 Å². The Hall–Kier alpha value is -2.74. The summed E-state index contributed by atoms with van der Waals surface area (Å²) in [6.45, 7) is 4.86. The van der Waals surface area contributed by atoms with Crippen molar-refractivity contribution in [2.75, 3.05) is 33.6 Å². The Morgan fingerprint density at radius 2 is 1.73 bits per heavy atom. The fourth-order valence-electron chi connectivity index (χ4n) is 3.50. The minimum absolute atomic E-state index is 0.319. The third-order valence-electron chi connectivity index (χ3n) is 5.12. The van der Waals surface area contributed by atoms with Crippen LogP contribution in [0.1, 0.15) is 23.6 Å². The van der Waals surface area contributed by atoms with Crippen LogP contribution in [0.5, 0.6) is 11.5 Å². The number of benzene rings is 2. The van der Waals surface area contributed by atoms with E-state index in [9.17, 15) is 8.42 Å². The van der Waals surface area contributed by atoms with Crippen LogP contribution in [0, 0.1) is 0 Å². The molecule has 0 radical (unpaired) electrons. The van der Waals surface area contributed by atoms with Crippen molar-refractivity contribution in [2.45, 2.75) is 31.3 Å². The summed E-state index contributed by atoms with van der Waals surface area (Å²) in [5, 5.41) is 3.36. The molecule has 0 amide bonds.